The molecular weight excluding hydrogens is 348 g/mol. The predicted molar refractivity (Wildman–Crippen MR) is 92.8 cm³/mol. The molecule has 0 unspecified atom stereocenters. The van der Waals surface area contributed by atoms with Gasteiger partial charge in [-0.1, -0.05) is 0 Å². The van der Waals surface area contributed by atoms with Gasteiger partial charge in [-0.05, 0) is 57.9 Å². The molecule has 0 aliphatic carbocycles. The summed E-state index contributed by atoms with van der Waals surface area (Å²) in [7, 11) is 3.25. The van der Waals surface area contributed by atoms with Crippen LogP contribution in [-0.2, 0) is 6.54 Å². The Morgan fingerprint density at radius 1 is 1.35 bits per heavy atom. The molecule has 1 aliphatic heterocycles. The topological polar surface area (TPSA) is 76.9 Å². The van der Waals surface area contributed by atoms with E-state index in [1.165, 1.54) is 13.2 Å². The van der Waals surface area contributed by atoms with E-state index in [1.54, 1.807) is 0 Å². The van der Waals surface area contributed by atoms with Gasteiger partial charge in [0.1, 0.15) is 0 Å². The highest BCUT2D eigenvalue weighted by molar-refractivity contribution is 5.54. The quantitative estimate of drug-likeness (QED) is 0.530. The summed E-state index contributed by atoms with van der Waals surface area (Å²) in [5.74, 6) is 0.392. The number of halogens is 2. The molecule has 1 heterocycles. The Bertz CT molecular complexity index is 608. The summed E-state index contributed by atoms with van der Waals surface area (Å²) < 4.78 is 34.4. The monoisotopic (exact) mass is 373 g/mol. The van der Waals surface area contributed by atoms with Gasteiger partial charge in [-0.2, -0.15) is 8.78 Å². The summed E-state index contributed by atoms with van der Waals surface area (Å²) in [6, 6.07) is 2.43. The number of methoxy groups -OCH3 is 1. The van der Waals surface area contributed by atoms with Crippen molar-refractivity contribution in [2.45, 2.75) is 32.4 Å². The van der Waals surface area contributed by atoms with Crippen LogP contribution in [0.3, 0.4) is 0 Å². The van der Waals surface area contributed by atoms with E-state index in [4.69, 9.17) is 4.74 Å². The fourth-order valence-electron chi connectivity index (χ4n) is 3.26. The van der Waals surface area contributed by atoms with Gasteiger partial charge in [0, 0.05) is 12.1 Å². The number of rotatable bonds is 9. The first-order valence-electron chi connectivity index (χ1n) is 8.61. The molecule has 1 fully saturated rings. The largest absolute Gasteiger partial charge is 0.493 e. The molecule has 0 bridgehead atoms. The van der Waals surface area contributed by atoms with Gasteiger partial charge < -0.3 is 14.8 Å². The van der Waals surface area contributed by atoms with Crippen molar-refractivity contribution in [1.82, 2.24) is 10.2 Å². The zero-order chi connectivity index (χ0) is 19.1. The van der Waals surface area contributed by atoms with Crippen molar-refractivity contribution in [3.8, 4) is 11.5 Å². The second kappa shape index (κ2) is 9.63. The van der Waals surface area contributed by atoms with Crippen molar-refractivity contribution in [1.29, 1.82) is 0 Å². The number of alkyl halides is 2. The molecule has 26 heavy (non-hydrogen) atoms. The Morgan fingerprint density at radius 2 is 2.04 bits per heavy atom. The minimum atomic E-state index is -3.08. The minimum absolute atomic E-state index is 0.0646. The first kappa shape index (κ1) is 20.3. The number of hydrogen-bond acceptors (Lipinski definition) is 6. The van der Waals surface area contributed by atoms with Gasteiger partial charge in [0.25, 0.3) is 5.69 Å². The zero-order valence-corrected chi connectivity index (χ0v) is 15.0. The molecule has 0 atom stereocenters. The number of ether oxygens (including phenoxy) is 2. The SMILES string of the molecule is CNCCC1CCN(Cc2cc(OC)c(OC(F)F)cc2[N+](=O)[O-])CC1. The van der Waals surface area contributed by atoms with E-state index in [0.29, 0.717) is 18.0 Å². The highest BCUT2D eigenvalue weighted by Crippen LogP contribution is 2.36. The van der Waals surface area contributed by atoms with Crippen molar-refractivity contribution >= 4 is 5.69 Å². The molecule has 1 aliphatic rings. The molecule has 1 N–H and O–H groups in total. The van der Waals surface area contributed by atoms with E-state index in [0.717, 1.165) is 45.0 Å². The first-order chi connectivity index (χ1) is 12.4. The molecule has 0 amide bonds. The molecular formula is C17H25F2N3O4. The number of nitrogens with zero attached hydrogens (tertiary/aromatic N) is 2. The molecule has 1 aromatic rings. The molecule has 0 aromatic heterocycles. The normalized spacial score (nSPS) is 16.0. The number of nitrogens with one attached hydrogen (secondary N) is 1. The number of nitro benzene ring substituents is 1. The molecule has 0 spiro atoms. The maximum absolute atomic E-state index is 12.5. The molecule has 1 saturated heterocycles. The van der Waals surface area contributed by atoms with E-state index in [2.05, 4.69) is 15.0 Å². The predicted octanol–water partition coefficient (Wildman–Crippen LogP) is 3.03. The van der Waals surface area contributed by atoms with Gasteiger partial charge in [-0.25, -0.2) is 0 Å². The van der Waals surface area contributed by atoms with Gasteiger partial charge in [-0.3, -0.25) is 15.0 Å². The third kappa shape index (κ3) is 5.50. The number of hydrogen-bond donors (Lipinski definition) is 1. The van der Waals surface area contributed by atoms with Crippen LogP contribution in [0.1, 0.15) is 24.8 Å². The van der Waals surface area contributed by atoms with E-state index in [-0.39, 0.29) is 17.2 Å². The summed E-state index contributed by atoms with van der Waals surface area (Å²) in [4.78, 5) is 12.9. The Hall–Kier alpha value is -2.00. The summed E-state index contributed by atoms with van der Waals surface area (Å²) >= 11 is 0. The number of benzene rings is 1. The first-order valence-corrected chi connectivity index (χ1v) is 8.61. The highest BCUT2D eigenvalue weighted by Gasteiger charge is 2.25. The van der Waals surface area contributed by atoms with Crippen LogP contribution in [0, 0.1) is 16.0 Å². The average molecular weight is 373 g/mol. The Kier molecular flexibility index (Phi) is 7.52. The Labute approximate surface area is 151 Å². The van der Waals surface area contributed by atoms with Gasteiger partial charge in [-0.15, -0.1) is 0 Å². The lowest BCUT2D eigenvalue weighted by atomic mass is 9.93. The molecule has 7 nitrogen and oxygen atoms in total. The highest BCUT2D eigenvalue weighted by atomic mass is 19.3. The van der Waals surface area contributed by atoms with Gasteiger partial charge in [0.15, 0.2) is 11.5 Å². The van der Waals surface area contributed by atoms with Gasteiger partial charge in [0.2, 0.25) is 0 Å². The van der Waals surface area contributed by atoms with Crippen molar-refractivity contribution < 1.29 is 23.2 Å². The van der Waals surface area contributed by atoms with E-state index in [9.17, 15) is 18.9 Å². The van der Waals surface area contributed by atoms with Crippen LogP contribution in [0.4, 0.5) is 14.5 Å². The minimum Gasteiger partial charge on any atom is -0.493 e. The van der Waals surface area contributed by atoms with E-state index in [1.807, 2.05) is 7.05 Å². The van der Waals surface area contributed by atoms with Crippen molar-refractivity contribution in [3.63, 3.8) is 0 Å². The molecule has 0 saturated carbocycles. The Balaban J connectivity index is 2.12. The summed E-state index contributed by atoms with van der Waals surface area (Å²) in [6.07, 6.45) is 3.20. The molecule has 146 valence electrons. The van der Waals surface area contributed by atoms with Gasteiger partial charge >= 0.3 is 6.61 Å². The van der Waals surface area contributed by atoms with Crippen LogP contribution < -0.4 is 14.8 Å². The average Bonchev–Trinajstić information content (AvgIpc) is 2.61. The lowest BCUT2D eigenvalue weighted by Crippen LogP contribution is -2.34. The fraction of sp³-hybridized carbons (Fsp3) is 0.647. The standard InChI is InChI=1S/C17H25F2N3O4/c1-20-6-3-12-4-7-21(8-5-12)11-13-9-15(25-2)16(26-17(18)19)10-14(13)22(23)24/h9-10,12,17,20H,3-8,11H2,1-2H3. The van der Waals surface area contributed by atoms with Gasteiger partial charge in [0.05, 0.1) is 18.1 Å². The lowest BCUT2D eigenvalue weighted by Gasteiger charge is -2.32. The molecule has 9 heteroatoms. The smallest absolute Gasteiger partial charge is 0.387 e. The van der Waals surface area contributed by atoms with Crippen LogP contribution in [-0.4, -0.2) is 50.2 Å². The van der Waals surface area contributed by atoms with Crippen molar-refractivity contribution in [2.75, 3.05) is 33.8 Å². The fourth-order valence-corrected chi connectivity index (χ4v) is 3.26. The number of nitro groups is 1. The molecule has 2 rings (SSSR count). The number of likely N-dealkylation sites (tertiary alicyclic amines) is 1. The zero-order valence-electron chi connectivity index (χ0n) is 15.0. The van der Waals surface area contributed by atoms with E-state index >= 15 is 0 Å². The summed E-state index contributed by atoms with van der Waals surface area (Å²) in [6.45, 7) is -0.0167. The van der Waals surface area contributed by atoms with Crippen LogP contribution in [0.5, 0.6) is 11.5 Å². The van der Waals surface area contributed by atoms with Crippen molar-refractivity contribution in [2.24, 2.45) is 5.92 Å². The maximum atomic E-state index is 12.5. The Morgan fingerprint density at radius 3 is 2.58 bits per heavy atom. The second-order valence-electron chi connectivity index (χ2n) is 6.38. The third-order valence-electron chi connectivity index (χ3n) is 4.68. The molecule has 0 radical (unpaired) electrons. The summed E-state index contributed by atoms with van der Waals surface area (Å²) in [5, 5.41) is 14.5. The lowest BCUT2D eigenvalue weighted by molar-refractivity contribution is -0.385. The van der Waals surface area contributed by atoms with Crippen molar-refractivity contribution in [3.05, 3.63) is 27.8 Å². The summed E-state index contributed by atoms with van der Waals surface area (Å²) in [5.41, 5.74) is 0.195. The third-order valence-corrected chi connectivity index (χ3v) is 4.68. The van der Waals surface area contributed by atoms with Crippen LogP contribution >= 0.6 is 0 Å². The molecule has 1 aromatic carbocycles. The van der Waals surface area contributed by atoms with E-state index < -0.39 is 11.5 Å². The van der Waals surface area contributed by atoms with Crippen LogP contribution in [0.15, 0.2) is 12.1 Å². The van der Waals surface area contributed by atoms with Crippen LogP contribution in [0.2, 0.25) is 0 Å². The second-order valence-corrected chi connectivity index (χ2v) is 6.38. The maximum Gasteiger partial charge on any atom is 0.387 e. The number of piperidine rings is 1. The van der Waals surface area contributed by atoms with Crippen LogP contribution in [0.25, 0.3) is 0 Å².